The molecule has 4 aromatic heterocycles. The van der Waals surface area contributed by atoms with E-state index in [-0.39, 0.29) is 24.2 Å². The summed E-state index contributed by atoms with van der Waals surface area (Å²) in [4.78, 5) is 17.3. The second-order valence-electron chi connectivity index (χ2n) is 8.66. The van der Waals surface area contributed by atoms with E-state index in [9.17, 15) is 8.42 Å². The largest absolute Gasteiger partial charge is 0.368 e. The van der Waals surface area contributed by atoms with Crippen molar-refractivity contribution in [2.45, 2.75) is 32.7 Å². The van der Waals surface area contributed by atoms with Crippen LogP contribution in [0.4, 0.5) is 5.95 Å². The number of anilines is 1. The van der Waals surface area contributed by atoms with Gasteiger partial charge in [0.2, 0.25) is 5.95 Å². The number of rotatable bonds is 8. The van der Waals surface area contributed by atoms with Gasteiger partial charge < -0.3 is 10.3 Å². The zero-order valence-corrected chi connectivity index (χ0v) is 20.2. The van der Waals surface area contributed by atoms with E-state index in [4.69, 9.17) is 10.3 Å². The summed E-state index contributed by atoms with van der Waals surface area (Å²) in [6.07, 6.45) is 9.53. The van der Waals surface area contributed by atoms with E-state index in [1.54, 1.807) is 35.7 Å². The maximum atomic E-state index is 11.4. The Balaban J connectivity index is 1.60. The Morgan fingerprint density at radius 3 is 2.44 bits per heavy atom. The summed E-state index contributed by atoms with van der Waals surface area (Å²) >= 11 is 0. The molecule has 0 radical (unpaired) electrons. The Morgan fingerprint density at radius 1 is 1.09 bits per heavy atom. The molecule has 4 heterocycles. The van der Waals surface area contributed by atoms with Gasteiger partial charge in [0.25, 0.3) is 5.89 Å². The van der Waals surface area contributed by atoms with Crippen LogP contribution in [0.25, 0.3) is 22.7 Å². The lowest BCUT2D eigenvalue weighted by atomic mass is 9.73. The number of hydrogen-bond donors (Lipinski definition) is 1. The Labute approximate surface area is 197 Å². The Morgan fingerprint density at radius 2 is 1.82 bits per heavy atom. The number of aromatic nitrogens is 7. The van der Waals surface area contributed by atoms with Gasteiger partial charge in [-0.25, -0.2) is 18.4 Å². The van der Waals surface area contributed by atoms with Gasteiger partial charge >= 0.3 is 0 Å². The lowest BCUT2D eigenvalue weighted by Gasteiger charge is -2.30. The molecule has 0 aliphatic rings. The summed E-state index contributed by atoms with van der Waals surface area (Å²) < 4.78 is 29.9. The van der Waals surface area contributed by atoms with Crippen LogP contribution in [-0.4, -0.2) is 55.3 Å². The molecule has 0 saturated heterocycles. The molecule has 12 heteroatoms. The summed E-state index contributed by atoms with van der Waals surface area (Å²) in [6, 6.07) is 3.88. The first-order valence-electron chi connectivity index (χ1n) is 10.7. The van der Waals surface area contributed by atoms with Gasteiger partial charge in [0.05, 0.1) is 35.2 Å². The summed E-state index contributed by atoms with van der Waals surface area (Å²) in [6.45, 7) is 6.47. The molecule has 0 saturated carbocycles. The summed E-state index contributed by atoms with van der Waals surface area (Å²) in [5.41, 5.74) is 8.04. The van der Waals surface area contributed by atoms with E-state index >= 15 is 0 Å². The van der Waals surface area contributed by atoms with Gasteiger partial charge in [-0.2, -0.15) is 10.1 Å². The van der Waals surface area contributed by atoms with E-state index in [0.717, 1.165) is 16.8 Å². The second kappa shape index (κ2) is 8.93. The molecule has 34 heavy (non-hydrogen) atoms. The lowest BCUT2D eigenvalue weighted by Crippen LogP contribution is -2.31. The number of aryl methyl sites for hydroxylation is 1. The fourth-order valence-corrected chi connectivity index (χ4v) is 3.99. The fourth-order valence-electron chi connectivity index (χ4n) is 3.47. The fraction of sp³-hybridized carbons (Fsp3) is 0.364. The zero-order chi connectivity index (χ0) is 24.5. The maximum Gasteiger partial charge on any atom is 0.261 e. The molecule has 0 amide bonds. The van der Waals surface area contributed by atoms with E-state index in [0.29, 0.717) is 17.3 Å². The smallest absolute Gasteiger partial charge is 0.261 e. The molecular weight excluding hydrogens is 456 g/mol. The zero-order valence-electron chi connectivity index (χ0n) is 19.4. The Hall–Kier alpha value is -3.67. The van der Waals surface area contributed by atoms with Crippen LogP contribution in [0.3, 0.4) is 0 Å². The topological polar surface area (TPSA) is 156 Å². The molecule has 11 nitrogen and oxygen atoms in total. The number of pyridine rings is 1. The molecule has 2 N–H and O–H groups in total. The molecule has 0 aliphatic carbocycles. The average Bonchev–Trinajstić information content (AvgIpc) is 3.47. The van der Waals surface area contributed by atoms with Gasteiger partial charge in [0, 0.05) is 36.6 Å². The van der Waals surface area contributed by atoms with Crippen LogP contribution in [0.1, 0.15) is 32.2 Å². The molecule has 1 atom stereocenters. The molecule has 1 unspecified atom stereocenters. The van der Waals surface area contributed by atoms with Crippen molar-refractivity contribution < 1.29 is 12.9 Å². The van der Waals surface area contributed by atoms with Crippen LogP contribution >= 0.6 is 0 Å². The van der Waals surface area contributed by atoms with Crippen molar-refractivity contribution in [2.24, 2.45) is 5.92 Å². The van der Waals surface area contributed by atoms with Crippen LogP contribution in [0.5, 0.6) is 0 Å². The highest BCUT2D eigenvalue weighted by atomic mass is 32.2. The number of nitrogen functional groups attached to an aromatic ring is 1. The normalized spacial score (nSPS) is 13.8. The summed E-state index contributed by atoms with van der Waals surface area (Å²) in [5, 5.41) is 8.47. The van der Waals surface area contributed by atoms with Gasteiger partial charge in [0.15, 0.2) is 5.82 Å². The Kier molecular flexibility index (Phi) is 6.17. The van der Waals surface area contributed by atoms with Gasteiger partial charge in [0.1, 0.15) is 9.84 Å². The van der Waals surface area contributed by atoms with E-state index in [1.807, 2.05) is 19.1 Å². The molecule has 0 spiro atoms. The van der Waals surface area contributed by atoms with Crippen molar-refractivity contribution in [2.75, 3.05) is 17.7 Å². The van der Waals surface area contributed by atoms with Crippen LogP contribution in [0.15, 0.2) is 47.6 Å². The second-order valence-corrected chi connectivity index (χ2v) is 10.9. The molecule has 178 valence electrons. The SMILES string of the molecule is CC(C)C(C)(c1ccc(-c2cnc(N)nc2)nc1)c1noc(-c2cnn(CCS(C)(=O)=O)c2)n1. The van der Waals surface area contributed by atoms with E-state index in [2.05, 4.69) is 44.0 Å². The number of nitrogens with two attached hydrogens (primary N) is 1. The standard InChI is InChI=1S/C22H26N8O3S/c1-14(2)22(3,17-5-6-18(24-12-17)15-9-25-21(23)26-10-15)20-28-19(33-29-20)16-11-27-30(13-16)7-8-34(4,31)32/h5-6,9-14H,7-8H2,1-4H3,(H2,23,25,26). The average molecular weight is 483 g/mol. The van der Waals surface area contributed by atoms with Crippen molar-refractivity contribution in [3.63, 3.8) is 0 Å². The number of sulfone groups is 1. The number of hydrogen-bond acceptors (Lipinski definition) is 10. The molecule has 0 fully saturated rings. The van der Waals surface area contributed by atoms with Gasteiger partial charge in [-0.1, -0.05) is 25.1 Å². The highest BCUT2D eigenvalue weighted by Gasteiger charge is 2.38. The minimum Gasteiger partial charge on any atom is -0.368 e. The van der Waals surface area contributed by atoms with Crippen LogP contribution in [0.2, 0.25) is 0 Å². The quantitative estimate of drug-likeness (QED) is 0.395. The lowest BCUT2D eigenvalue weighted by molar-refractivity contribution is 0.350. The van der Waals surface area contributed by atoms with E-state index < -0.39 is 15.3 Å². The van der Waals surface area contributed by atoms with Crippen molar-refractivity contribution in [1.82, 2.24) is 34.9 Å². The van der Waals surface area contributed by atoms with Gasteiger partial charge in [-0.3, -0.25) is 9.67 Å². The third kappa shape index (κ3) is 4.81. The molecule has 0 aromatic carbocycles. The predicted molar refractivity (Wildman–Crippen MR) is 126 cm³/mol. The molecule has 0 bridgehead atoms. The monoisotopic (exact) mass is 482 g/mol. The molecule has 4 aromatic rings. The highest BCUT2D eigenvalue weighted by Crippen LogP contribution is 2.38. The highest BCUT2D eigenvalue weighted by molar-refractivity contribution is 7.90. The summed E-state index contributed by atoms with van der Waals surface area (Å²) in [7, 11) is -3.09. The maximum absolute atomic E-state index is 11.4. The summed E-state index contributed by atoms with van der Waals surface area (Å²) in [5.74, 6) is 1.17. The van der Waals surface area contributed by atoms with Gasteiger partial charge in [-0.05, 0) is 24.5 Å². The third-order valence-corrected chi connectivity index (χ3v) is 6.87. The van der Waals surface area contributed by atoms with Crippen LogP contribution in [-0.2, 0) is 21.8 Å². The van der Waals surface area contributed by atoms with Crippen LogP contribution in [0, 0.1) is 5.92 Å². The minimum atomic E-state index is -3.09. The first-order valence-corrected chi connectivity index (χ1v) is 12.7. The van der Waals surface area contributed by atoms with E-state index in [1.165, 1.54) is 6.26 Å². The first kappa shape index (κ1) is 23.5. The van der Waals surface area contributed by atoms with Crippen LogP contribution < -0.4 is 5.73 Å². The first-order chi connectivity index (χ1) is 16.1. The molecule has 0 aliphatic heterocycles. The Bertz CT molecular complexity index is 1380. The van der Waals surface area contributed by atoms with Crippen molar-refractivity contribution >= 4 is 15.8 Å². The molecule has 4 rings (SSSR count). The van der Waals surface area contributed by atoms with Crippen molar-refractivity contribution in [1.29, 1.82) is 0 Å². The predicted octanol–water partition coefficient (Wildman–Crippen LogP) is 2.37. The number of nitrogens with zero attached hydrogens (tertiary/aromatic N) is 7. The minimum absolute atomic E-state index is 0.000110. The van der Waals surface area contributed by atoms with Crippen molar-refractivity contribution in [3.05, 3.63) is 54.5 Å². The van der Waals surface area contributed by atoms with Gasteiger partial charge in [-0.15, -0.1) is 0 Å². The third-order valence-electron chi connectivity index (χ3n) is 5.95. The molecular formula is C22H26N8O3S. The van der Waals surface area contributed by atoms with Crippen molar-refractivity contribution in [3.8, 4) is 22.7 Å².